The van der Waals surface area contributed by atoms with Crippen LogP contribution in [0.3, 0.4) is 0 Å². The summed E-state index contributed by atoms with van der Waals surface area (Å²) in [5, 5.41) is 2.94. The van der Waals surface area contributed by atoms with Crippen LogP contribution in [0.15, 0.2) is 47.4 Å². The molecule has 31 heavy (non-hydrogen) atoms. The minimum absolute atomic E-state index is 0.0761. The molecule has 1 fully saturated rings. The monoisotopic (exact) mass is 443 g/mol. The van der Waals surface area contributed by atoms with Crippen molar-refractivity contribution in [3.63, 3.8) is 0 Å². The quantitative estimate of drug-likeness (QED) is 0.606. The van der Waals surface area contributed by atoms with E-state index in [1.807, 2.05) is 19.9 Å². The normalized spacial score (nSPS) is 15.6. The molecule has 0 saturated carbocycles. The topological polar surface area (TPSA) is 78.5 Å². The van der Waals surface area contributed by atoms with Gasteiger partial charge in [0.25, 0.3) is 15.9 Å². The van der Waals surface area contributed by atoms with Gasteiger partial charge < -0.3 is 10.2 Å². The molecule has 0 bridgehead atoms. The lowest BCUT2D eigenvalue weighted by Gasteiger charge is -2.30. The molecule has 0 aliphatic carbocycles. The van der Waals surface area contributed by atoms with Gasteiger partial charge in [-0.25, -0.2) is 8.42 Å². The van der Waals surface area contributed by atoms with Crippen molar-refractivity contribution in [1.29, 1.82) is 0 Å². The van der Waals surface area contributed by atoms with Crippen LogP contribution in [0.2, 0.25) is 0 Å². The Labute approximate surface area is 186 Å². The number of likely N-dealkylation sites (tertiary alicyclic amines) is 1. The van der Waals surface area contributed by atoms with Gasteiger partial charge >= 0.3 is 0 Å². The molecule has 0 unspecified atom stereocenters. The lowest BCUT2D eigenvalue weighted by Crippen LogP contribution is -2.35. The molecule has 3 rings (SSSR count). The molecule has 2 N–H and O–H groups in total. The van der Waals surface area contributed by atoms with Crippen LogP contribution in [-0.2, 0) is 10.0 Å². The maximum Gasteiger partial charge on any atom is 0.261 e. The van der Waals surface area contributed by atoms with E-state index in [0.717, 1.165) is 43.1 Å². The molecule has 0 spiro atoms. The van der Waals surface area contributed by atoms with Crippen molar-refractivity contribution < 1.29 is 13.2 Å². The Bertz CT molecular complexity index is 1010. The first kappa shape index (κ1) is 23.3. The number of hydrogen-bond donors (Lipinski definition) is 2. The van der Waals surface area contributed by atoms with Crippen molar-refractivity contribution in [3.8, 4) is 0 Å². The van der Waals surface area contributed by atoms with Crippen molar-refractivity contribution >= 4 is 21.6 Å². The van der Waals surface area contributed by atoms with Gasteiger partial charge in [-0.1, -0.05) is 25.1 Å². The second-order valence-corrected chi connectivity index (χ2v) is 10.3. The van der Waals surface area contributed by atoms with Gasteiger partial charge in [0, 0.05) is 17.8 Å². The van der Waals surface area contributed by atoms with E-state index in [0.29, 0.717) is 17.8 Å². The standard InChI is InChI=1S/C24H33N3O3S/c1-18-10-14-27(15-11-18)13-5-12-25-24(28)23-17-22(9-8-20(23)3)31(29,30)26-21-7-4-6-19(2)16-21/h4,6-9,16-18,26H,5,10-15H2,1-3H3,(H,25,28). The molecule has 2 aromatic carbocycles. The van der Waals surface area contributed by atoms with Gasteiger partial charge in [0.15, 0.2) is 0 Å². The highest BCUT2D eigenvalue weighted by atomic mass is 32.2. The molecular formula is C24H33N3O3S. The molecule has 0 atom stereocenters. The molecule has 2 aromatic rings. The third-order valence-electron chi connectivity index (χ3n) is 5.85. The van der Waals surface area contributed by atoms with E-state index < -0.39 is 10.0 Å². The van der Waals surface area contributed by atoms with Crippen LogP contribution < -0.4 is 10.0 Å². The van der Waals surface area contributed by atoms with Crippen LogP contribution in [-0.4, -0.2) is 45.4 Å². The third-order valence-corrected chi connectivity index (χ3v) is 7.23. The van der Waals surface area contributed by atoms with Crippen molar-refractivity contribution in [2.75, 3.05) is 30.9 Å². The van der Waals surface area contributed by atoms with Crippen molar-refractivity contribution in [2.45, 2.75) is 44.9 Å². The van der Waals surface area contributed by atoms with Crippen LogP contribution in [0, 0.1) is 19.8 Å². The number of hydrogen-bond acceptors (Lipinski definition) is 4. The Balaban J connectivity index is 1.60. The fraction of sp³-hybridized carbons (Fsp3) is 0.458. The van der Waals surface area contributed by atoms with E-state index >= 15 is 0 Å². The van der Waals surface area contributed by atoms with Crippen molar-refractivity contribution in [1.82, 2.24) is 10.2 Å². The smallest absolute Gasteiger partial charge is 0.261 e. The second-order valence-electron chi connectivity index (χ2n) is 8.59. The molecule has 6 nitrogen and oxygen atoms in total. The number of amides is 1. The number of piperidine rings is 1. The number of benzene rings is 2. The summed E-state index contributed by atoms with van der Waals surface area (Å²) in [7, 11) is -3.78. The Hall–Kier alpha value is -2.38. The van der Waals surface area contributed by atoms with E-state index in [1.165, 1.54) is 25.0 Å². The van der Waals surface area contributed by atoms with Crippen LogP contribution in [0.25, 0.3) is 0 Å². The molecule has 1 amide bonds. The summed E-state index contributed by atoms with van der Waals surface area (Å²) >= 11 is 0. The van der Waals surface area contributed by atoms with Gasteiger partial charge in [0.2, 0.25) is 0 Å². The molecule has 1 aliphatic rings. The first-order valence-electron chi connectivity index (χ1n) is 11.0. The SMILES string of the molecule is Cc1cccc(NS(=O)(=O)c2ccc(C)c(C(=O)NCCCN3CCC(C)CC3)c2)c1. The van der Waals surface area contributed by atoms with Gasteiger partial charge in [-0.3, -0.25) is 9.52 Å². The number of carbonyl (C=O) groups is 1. The predicted molar refractivity (Wildman–Crippen MR) is 125 cm³/mol. The minimum Gasteiger partial charge on any atom is -0.352 e. The Morgan fingerprint density at radius 1 is 1.10 bits per heavy atom. The summed E-state index contributed by atoms with van der Waals surface area (Å²) in [6.07, 6.45) is 3.36. The number of rotatable bonds is 8. The number of anilines is 1. The molecule has 1 heterocycles. The summed E-state index contributed by atoms with van der Waals surface area (Å²) < 4.78 is 28.2. The first-order chi connectivity index (χ1) is 14.7. The zero-order chi connectivity index (χ0) is 22.4. The van der Waals surface area contributed by atoms with E-state index in [1.54, 1.807) is 24.3 Å². The summed E-state index contributed by atoms with van der Waals surface area (Å²) in [6, 6.07) is 11.8. The average Bonchev–Trinajstić information content (AvgIpc) is 2.72. The Kier molecular flexibility index (Phi) is 7.73. The van der Waals surface area contributed by atoms with Gasteiger partial charge in [-0.05, 0) is 94.1 Å². The van der Waals surface area contributed by atoms with Gasteiger partial charge in [0.1, 0.15) is 0 Å². The van der Waals surface area contributed by atoms with E-state index in [9.17, 15) is 13.2 Å². The molecule has 1 aliphatic heterocycles. The number of nitrogens with zero attached hydrogens (tertiary/aromatic N) is 1. The lowest BCUT2D eigenvalue weighted by molar-refractivity contribution is 0.0949. The van der Waals surface area contributed by atoms with Gasteiger partial charge in [-0.15, -0.1) is 0 Å². The maximum absolute atomic E-state index is 12.8. The maximum atomic E-state index is 12.8. The first-order valence-corrected chi connectivity index (χ1v) is 12.4. The van der Waals surface area contributed by atoms with Crippen LogP contribution >= 0.6 is 0 Å². The number of carbonyl (C=O) groups excluding carboxylic acids is 1. The fourth-order valence-electron chi connectivity index (χ4n) is 3.82. The number of aryl methyl sites for hydroxylation is 2. The summed E-state index contributed by atoms with van der Waals surface area (Å²) in [5.74, 6) is 0.570. The largest absolute Gasteiger partial charge is 0.352 e. The van der Waals surface area contributed by atoms with Crippen LogP contribution in [0.5, 0.6) is 0 Å². The lowest BCUT2D eigenvalue weighted by atomic mass is 9.99. The second kappa shape index (κ2) is 10.3. The highest BCUT2D eigenvalue weighted by Crippen LogP contribution is 2.20. The number of sulfonamides is 1. The molecule has 0 radical (unpaired) electrons. The molecule has 168 valence electrons. The van der Waals surface area contributed by atoms with Gasteiger partial charge in [-0.2, -0.15) is 0 Å². The molecule has 1 saturated heterocycles. The van der Waals surface area contributed by atoms with Crippen LogP contribution in [0.1, 0.15) is 47.7 Å². The molecule has 7 heteroatoms. The zero-order valence-electron chi connectivity index (χ0n) is 18.6. The average molecular weight is 444 g/mol. The van der Waals surface area contributed by atoms with Gasteiger partial charge in [0.05, 0.1) is 4.90 Å². The molecule has 0 aromatic heterocycles. The van der Waals surface area contributed by atoms with E-state index in [2.05, 4.69) is 21.9 Å². The highest BCUT2D eigenvalue weighted by molar-refractivity contribution is 7.92. The summed E-state index contributed by atoms with van der Waals surface area (Å²) in [4.78, 5) is 15.2. The zero-order valence-corrected chi connectivity index (χ0v) is 19.5. The van der Waals surface area contributed by atoms with Crippen molar-refractivity contribution in [2.24, 2.45) is 5.92 Å². The van der Waals surface area contributed by atoms with E-state index in [4.69, 9.17) is 0 Å². The predicted octanol–water partition coefficient (Wildman–Crippen LogP) is 3.96. The summed E-state index contributed by atoms with van der Waals surface area (Å²) in [5.41, 5.74) is 2.60. The van der Waals surface area contributed by atoms with Crippen LogP contribution in [0.4, 0.5) is 5.69 Å². The highest BCUT2D eigenvalue weighted by Gasteiger charge is 2.19. The number of nitrogens with one attached hydrogen (secondary N) is 2. The summed E-state index contributed by atoms with van der Waals surface area (Å²) in [6.45, 7) is 9.81. The minimum atomic E-state index is -3.78. The Morgan fingerprint density at radius 3 is 2.55 bits per heavy atom. The molecular weight excluding hydrogens is 410 g/mol. The fourth-order valence-corrected chi connectivity index (χ4v) is 4.90. The third kappa shape index (κ3) is 6.55. The van der Waals surface area contributed by atoms with E-state index in [-0.39, 0.29) is 10.8 Å². The van der Waals surface area contributed by atoms with Crippen molar-refractivity contribution in [3.05, 3.63) is 59.2 Å². The Morgan fingerprint density at radius 2 is 1.84 bits per heavy atom.